The fraction of sp³-hybridized carbons (Fsp3) is 0.714. The first-order valence-corrected chi connectivity index (χ1v) is 6.87. The van der Waals surface area contributed by atoms with Crippen molar-refractivity contribution < 1.29 is 14.4 Å². The molecule has 1 aliphatic rings. The largest absolute Gasteiger partial charge is 0.481 e. The summed E-state index contributed by atoms with van der Waals surface area (Å²) in [5.74, 6) is 0.0735. The van der Waals surface area contributed by atoms with Crippen LogP contribution in [0.1, 0.15) is 50.0 Å². The Morgan fingerprint density at radius 1 is 1.47 bits per heavy atom. The van der Waals surface area contributed by atoms with Crippen molar-refractivity contribution in [2.75, 3.05) is 7.05 Å². The molecule has 1 N–H and O–H groups in total. The van der Waals surface area contributed by atoms with Crippen molar-refractivity contribution >= 4 is 5.97 Å². The highest BCUT2D eigenvalue weighted by atomic mass is 16.5. The van der Waals surface area contributed by atoms with E-state index in [2.05, 4.69) is 10.1 Å². The number of carbonyl (C=O) groups is 1. The van der Waals surface area contributed by atoms with E-state index >= 15 is 0 Å². The Labute approximate surface area is 113 Å². The van der Waals surface area contributed by atoms with Gasteiger partial charge in [-0.2, -0.15) is 0 Å². The van der Waals surface area contributed by atoms with Crippen LogP contribution in [0.15, 0.2) is 10.6 Å². The first-order valence-electron chi connectivity index (χ1n) is 6.87. The number of aromatic nitrogens is 1. The highest BCUT2D eigenvalue weighted by Gasteiger charge is 2.38. The molecule has 106 valence electrons. The molecule has 5 heteroatoms. The Morgan fingerprint density at radius 3 is 2.68 bits per heavy atom. The summed E-state index contributed by atoms with van der Waals surface area (Å²) in [5, 5.41) is 13.2. The molecule has 0 unspecified atom stereocenters. The molecular weight excluding hydrogens is 244 g/mol. The maximum absolute atomic E-state index is 11.2. The molecule has 1 aromatic rings. The topological polar surface area (TPSA) is 66.6 Å². The fourth-order valence-electron chi connectivity index (χ4n) is 3.09. The van der Waals surface area contributed by atoms with E-state index in [9.17, 15) is 9.90 Å². The van der Waals surface area contributed by atoms with Crippen LogP contribution in [0.5, 0.6) is 0 Å². The molecule has 19 heavy (non-hydrogen) atoms. The number of aliphatic carboxylic acids is 1. The molecule has 0 spiro atoms. The molecule has 0 saturated heterocycles. The van der Waals surface area contributed by atoms with Crippen molar-refractivity contribution in [3.05, 3.63) is 17.5 Å². The molecule has 0 bridgehead atoms. The second-order valence-corrected chi connectivity index (χ2v) is 5.64. The van der Waals surface area contributed by atoms with Gasteiger partial charge in [0, 0.05) is 18.2 Å². The molecular formula is C14H22N2O3. The summed E-state index contributed by atoms with van der Waals surface area (Å²) >= 11 is 0. The minimum atomic E-state index is -0.718. The number of rotatable bonds is 5. The lowest BCUT2D eigenvalue weighted by atomic mass is 9.78. The van der Waals surface area contributed by atoms with Crippen molar-refractivity contribution in [1.29, 1.82) is 0 Å². The van der Waals surface area contributed by atoms with Gasteiger partial charge in [0.1, 0.15) is 5.76 Å². The third-order valence-corrected chi connectivity index (χ3v) is 4.15. The van der Waals surface area contributed by atoms with Crippen LogP contribution in [-0.2, 0) is 11.3 Å². The Morgan fingerprint density at radius 2 is 2.16 bits per heavy atom. The van der Waals surface area contributed by atoms with E-state index in [1.54, 1.807) is 0 Å². The van der Waals surface area contributed by atoms with Crippen LogP contribution in [0.2, 0.25) is 0 Å². The quantitative estimate of drug-likeness (QED) is 0.887. The summed E-state index contributed by atoms with van der Waals surface area (Å²) < 4.78 is 5.07. The van der Waals surface area contributed by atoms with Gasteiger partial charge in [-0.05, 0) is 26.8 Å². The average molecular weight is 266 g/mol. The minimum Gasteiger partial charge on any atom is -0.481 e. The SMILES string of the molecule is Cc1cc(CN(C)C2(CC(=O)O)CCCCC2)no1. The van der Waals surface area contributed by atoms with Gasteiger partial charge < -0.3 is 9.63 Å². The summed E-state index contributed by atoms with van der Waals surface area (Å²) in [6.07, 6.45) is 5.53. The third-order valence-electron chi connectivity index (χ3n) is 4.15. The van der Waals surface area contributed by atoms with Crippen molar-refractivity contribution in [1.82, 2.24) is 10.1 Å². The van der Waals surface area contributed by atoms with E-state index in [0.29, 0.717) is 6.54 Å². The van der Waals surface area contributed by atoms with Crippen LogP contribution in [-0.4, -0.2) is 33.7 Å². The highest BCUT2D eigenvalue weighted by Crippen LogP contribution is 2.36. The highest BCUT2D eigenvalue weighted by molar-refractivity contribution is 5.68. The van der Waals surface area contributed by atoms with E-state index in [1.807, 2.05) is 20.0 Å². The van der Waals surface area contributed by atoms with E-state index in [-0.39, 0.29) is 12.0 Å². The number of carboxylic acid groups (broad SMARTS) is 1. The van der Waals surface area contributed by atoms with Crippen LogP contribution in [0.3, 0.4) is 0 Å². The second kappa shape index (κ2) is 5.74. The smallest absolute Gasteiger partial charge is 0.305 e. The number of hydrogen-bond acceptors (Lipinski definition) is 4. The predicted octanol–water partition coefficient (Wildman–Crippen LogP) is 2.59. The van der Waals surface area contributed by atoms with Crippen LogP contribution < -0.4 is 0 Å². The van der Waals surface area contributed by atoms with Crippen molar-refractivity contribution in [3.63, 3.8) is 0 Å². The average Bonchev–Trinajstić information content (AvgIpc) is 2.75. The summed E-state index contributed by atoms with van der Waals surface area (Å²) in [5.41, 5.74) is 0.645. The molecule has 1 heterocycles. The monoisotopic (exact) mass is 266 g/mol. The maximum atomic E-state index is 11.2. The summed E-state index contributed by atoms with van der Waals surface area (Å²) in [4.78, 5) is 13.3. The zero-order chi connectivity index (χ0) is 13.9. The number of aryl methyl sites for hydroxylation is 1. The molecule has 5 nitrogen and oxygen atoms in total. The molecule has 0 amide bonds. The van der Waals surface area contributed by atoms with Crippen LogP contribution in [0.25, 0.3) is 0 Å². The standard InChI is InChI=1S/C14H22N2O3/c1-11-8-12(15-19-11)10-16(2)14(9-13(17)18)6-4-3-5-7-14/h8H,3-7,9-10H2,1-2H3,(H,17,18). The van der Waals surface area contributed by atoms with Gasteiger partial charge in [0.2, 0.25) is 0 Å². The summed E-state index contributed by atoms with van der Waals surface area (Å²) in [6.45, 7) is 2.51. The van der Waals surface area contributed by atoms with Crippen molar-refractivity contribution in [2.45, 2.75) is 57.5 Å². The van der Waals surface area contributed by atoms with Gasteiger partial charge in [-0.25, -0.2) is 0 Å². The molecule has 0 aliphatic heterocycles. The maximum Gasteiger partial charge on any atom is 0.305 e. The predicted molar refractivity (Wildman–Crippen MR) is 70.8 cm³/mol. The van der Waals surface area contributed by atoms with Gasteiger partial charge in [0.15, 0.2) is 0 Å². The summed E-state index contributed by atoms with van der Waals surface area (Å²) in [6, 6.07) is 1.91. The van der Waals surface area contributed by atoms with Crippen molar-refractivity contribution in [2.24, 2.45) is 0 Å². The first kappa shape index (κ1) is 14.1. The van der Waals surface area contributed by atoms with Crippen LogP contribution in [0, 0.1) is 6.92 Å². The molecule has 0 aromatic carbocycles. The Bertz CT molecular complexity index is 436. The van der Waals surface area contributed by atoms with Crippen LogP contribution >= 0.6 is 0 Å². The van der Waals surface area contributed by atoms with Crippen LogP contribution in [0.4, 0.5) is 0 Å². The Balaban J connectivity index is 2.10. The second-order valence-electron chi connectivity index (χ2n) is 5.64. The third kappa shape index (κ3) is 3.35. The lowest BCUT2D eigenvalue weighted by molar-refractivity contribution is -0.141. The van der Waals surface area contributed by atoms with Gasteiger partial charge >= 0.3 is 5.97 Å². The van der Waals surface area contributed by atoms with E-state index in [0.717, 1.165) is 37.1 Å². The van der Waals surface area contributed by atoms with Gasteiger partial charge in [-0.1, -0.05) is 24.4 Å². The summed E-state index contributed by atoms with van der Waals surface area (Å²) in [7, 11) is 2.00. The molecule has 0 radical (unpaired) electrons. The minimum absolute atomic E-state index is 0.209. The van der Waals surface area contributed by atoms with Gasteiger partial charge in [-0.15, -0.1) is 0 Å². The molecule has 1 aliphatic carbocycles. The fourth-order valence-corrected chi connectivity index (χ4v) is 3.09. The van der Waals surface area contributed by atoms with E-state index in [1.165, 1.54) is 6.42 Å². The van der Waals surface area contributed by atoms with E-state index in [4.69, 9.17) is 4.52 Å². The Hall–Kier alpha value is -1.36. The zero-order valence-corrected chi connectivity index (χ0v) is 11.7. The normalized spacial score (nSPS) is 18.7. The van der Waals surface area contributed by atoms with Gasteiger partial charge in [-0.3, -0.25) is 9.69 Å². The van der Waals surface area contributed by atoms with Crippen molar-refractivity contribution in [3.8, 4) is 0 Å². The molecule has 2 rings (SSSR count). The molecule has 1 aromatic heterocycles. The number of hydrogen-bond donors (Lipinski definition) is 1. The van der Waals surface area contributed by atoms with Gasteiger partial charge in [0.05, 0.1) is 12.1 Å². The molecule has 1 saturated carbocycles. The Kier molecular flexibility index (Phi) is 4.24. The zero-order valence-electron chi connectivity index (χ0n) is 11.7. The molecule has 1 fully saturated rings. The van der Waals surface area contributed by atoms with Gasteiger partial charge in [0.25, 0.3) is 0 Å². The lowest BCUT2D eigenvalue weighted by Crippen LogP contribution is -2.49. The molecule has 0 atom stereocenters. The van der Waals surface area contributed by atoms with E-state index < -0.39 is 5.97 Å². The first-order chi connectivity index (χ1) is 9.02. The lowest BCUT2D eigenvalue weighted by Gasteiger charge is -2.43. The number of nitrogens with zero attached hydrogens (tertiary/aromatic N) is 2. The number of carboxylic acids is 1.